The summed E-state index contributed by atoms with van der Waals surface area (Å²) in [5, 5.41) is 2.43. The van der Waals surface area contributed by atoms with Gasteiger partial charge in [-0.2, -0.15) is 0 Å². The van der Waals surface area contributed by atoms with E-state index in [9.17, 15) is 22.4 Å². The van der Waals surface area contributed by atoms with Crippen molar-refractivity contribution < 1.29 is 31.8 Å². The van der Waals surface area contributed by atoms with Crippen molar-refractivity contribution in [2.75, 3.05) is 7.11 Å². The molecule has 0 atom stereocenters. The van der Waals surface area contributed by atoms with Gasteiger partial charge in [0, 0.05) is 17.8 Å². The van der Waals surface area contributed by atoms with Crippen LogP contribution in [0.25, 0.3) is 0 Å². The van der Waals surface area contributed by atoms with Gasteiger partial charge in [0.1, 0.15) is 17.3 Å². The zero-order valence-electron chi connectivity index (χ0n) is 14.9. The summed E-state index contributed by atoms with van der Waals surface area (Å²) in [5.41, 5.74) is 0.503. The second-order valence-corrected chi connectivity index (χ2v) is 5.93. The Labute approximate surface area is 153 Å². The number of alkyl halides is 3. The highest BCUT2D eigenvalue weighted by molar-refractivity contribution is 5.95. The molecule has 1 aromatic heterocycles. The molecule has 0 spiro atoms. The zero-order chi connectivity index (χ0) is 20.2. The van der Waals surface area contributed by atoms with Crippen LogP contribution < -0.4 is 14.8 Å². The molecule has 146 valence electrons. The van der Waals surface area contributed by atoms with E-state index >= 15 is 0 Å². The van der Waals surface area contributed by atoms with Crippen molar-refractivity contribution >= 4 is 5.91 Å². The van der Waals surface area contributed by atoms with Gasteiger partial charge in [0.2, 0.25) is 0 Å². The highest BCUT2D eigenvalue weighted by Crippen LogP contribution is 2.25. The molecule has 9 heteroatoms. The maximum atomic E-state index is 13.8. The summed E-state index contributed by atoms with van der Waals surface area (Å²) in [5.74, 6) is -1.70. The zero-order valence-corrected chi connectivity index (χ0v) is 14.9. The second kappa shape index (κ2) is 8.24. The number of nitrogens with zero attached hydrogens (tertiary/aromatic N) is 1. The molecule has 5 nitrogen and oxygen atoms in total. The molecule has 0 aliphatic carbocycles. The lowest BCUT2D eigenvalue weighted by Crippen LogP contribution is -2.25. The number of nitrogens with one attached hydrogen (secondary N) is 1. The van der Waals surface area contributed by atoms with E-state index in [1.165, 1.54) is 7.11 Å². The molecule has 27 heavy (non-hydrogen) atoms. The number of rotatable bonds is 6. The van der Waals surface area contributed by atoms with Crippen LogP contribution in [-0.2, 0) is 6.54 Å². The Kier molecular flexibility index (Phi) is 6.24. The molecule has 0 aliphatic heterocycles. The molecule has 1 amide bonds. The van der Waals surface area contributed by atoms with Crippen molar-refractivity contribution in [2.24, 2.45) is 0 Å². The number of benzene rings is 1. The minimum absolute atomic E-state index is 0.00630. The summed E-state index contributed by atoms with van der Waals surface area (Å²) in [7, 11) is 1.38. The standard InChI is InChI=1S/C18H18F4N2O3/c1-10(2)14-6-7-15(26-3)16(24-14)17(25)23-9-11-8-12(4-5-13(11)19)27-18(20,21)22/h4-8,10H,9H2,1-3H3,(H,23,25). The van der Waals surface area contributed by atoms with Crippen LogP contribution in [0, 0.1) is 5.82 Å². The Balaban J connectivity index is 2.18. The van der Waals surface area contributed by atoms with Gasteiger partial charge in [0.05, 0.1) is 7.11 Å². The molecule has 0 radical (unpaired) electrons. The molecule has 2 rings (SSSR count). The summed E-state index contributed by atoms with van der Waals surface area (Å²) < 4.78 is 59.6. The van der Waals surface area contributed by atoms with E-state index in [1.807, 2.05) is 13.8 Å². The predicted octanol–water partition coefficient (Wildman–Crippen LogP) is 4.18. The third-order valence-corrected chi connectivity index (χ3v) is 3.60. The maximum Gasteiger partial charge on any atom is 0.573 e. The number of hydrogen-bond acceptors (Lipinski definition) is 4. The molecule has 1 aromatic carbocycles. The van der Waals surface area contributed by atoms with Gasteiger partial charge in [-0.25, -0.2) is 9.37 Å². The molecule has 0 saturated carbocycles. The Morgan fingerprint density at radius 2 is 1.93 bits per heavy atom. The van der Waals surface area contributed by atoms with Crippen LogP contribution >= 0.6 is 0 Å². The fraction of sp³-hybridized carbons (Fsp3) is 0.333. The van der Waals surface area contributed by atoms with Crippen LogP contribution in [0.1, 0.15) is 41.5 Å². The second-order valence-electron chi connectivity index (χ2n) is 5.93. The summed E-state index contributed by atoms with van der Waals surface area (Å²) in [6, 6.07) is 5.87. The van der Waals surface area contributed by atoms with Crippen LogP contribution in [0.5, 0.6) is 11.5 Å². The highest BCUT2D eigenvalue weighted by Gasteiger charge is 2.31. The van der Waals surface area contributed by atoms with Crippen molar-refractivity contribution in [1.29, 1.82) is 0 Å². The van der Waals surface area contributed by atoms with Crippen LogP contribution in [-0.4, -0.2) is 24.4 Å². The Morgan fingerprint density at radius 3 is 2.52 bits per heavy atom. The molecular formula is C18H18F4N2O3. The number of amides is 1. The first-order chi connectivity index (χ1) is 12.6. The lowest BCUT2D eigenvalue weighted by Gasteiger charge is -2.13. The van der Waals surface area contributed by atoms with Gasteiger partial charge in [0.25, 0.3) is 5.91 Å². The highest BCUT2D eigenvalue weighted by atomic mass is 19.4. The molecular weight excluding hydrogens is 368 g/mol. The van der Waals surface area contributed by atoms with Crippen molar-refractivity contribution in [2.45, 2.75) is 32.7 Å². The lowest BCUT2D eigenvalue weighted by molar-refractivity contribution is -0.274. The van der Waals surface area contributed by atoms with Crippen molar-refractivity contribution in [3.8, 4) is 11.5 Å². The number of methoxy groups -OCH3 is 1. The fourth-order valence-electron chi connectivity index (χ4n) is 2.25. The van der Waals surface area contributed by atoms with E-state index < -0.39 is 23.8 Å². The fourth-order valence-corrected chi connectivity index (χ4v) is 2.25. The summed E-state index contributed by atoms with van der Waals surface area (Å²) in [6.45, 7) is 3.45. The third-order valence-electron chi connectivity index (χ3n) is 3.60. The number of hydrogen-bond donors (Lipinski definition) is 1. The molecule has 2 aromatic rings. The van der Waals surface area contributed by atoms with Crippen molar-refractivity contribution in [3.05, 3.63) is 53.1 Å². The molecule has 0 aliphatic rings. The third kappa shape index (κ3) is 5.57. The van der Waals surface area contributed by atoms with Gasteiger partial charge in [-0.15, -0.1) is 13.2 Å². The first kappa shape index (κ1) is 20.5. The smallest absolute Gasteiger partial charge is 0.494 e. The summed E-state index contributed by atoms with van der Waals surface area (Å²) in [4.78, 5) is 16.6. The summed E-state index contributed by atoms with van der Waals surface area (Å²) in [6.07, 6.45) is -4.90. The largest absolute Gasteiger partial charge is 0.573 e. The molecule has 0 bridgehead atoms. The summed E-state index contributed by atoms with van der Waals surface area (Å²) >= 11 is 0. The Morgan fingerprint density at radius 1 is 1.22 bits per heavy atom. The number of pyridine rings is 1. The van der Waals surface area contributed by atoms with Crippen LogP contribution in [0.4, 0.5) is 17.6 Å². The SMILES string of the molecule is COc1ccc(C(C)C)nc1C(=O)NCc1cc(OC(F)(F)F)ccc1F. The van der Waals surface area contributed by atoms with E-state index in [2.05, 4.69) is 15.0 Å². The van der Waals surface area contributed by atoms with Crippen LogP contribution in [0.15, 0.2) is 30.3 Å². The first-order valence-corrected chi connectivity index (χ1v) is 7.98. The monoisotopic (exact) mass is 386 g/mol. The normalized spacial score (nSPS) is 11.4. The number of carbonyl (C=O) groups is 1. The van der Waals surface area contributed by atoms with Gasteiger partial charge in [0.15, 0.2) is 5.69 Å². The minimum atomic E-state index is -4.90. The van der Waals surface area contributed by atoms with Gasteiger partial charge in [-0.1, -0.05) is 13.8 Å². The number of halogens is 4. The van der Waals surface area contributed by atoms with E-state index in [0.29, 0.717) is 5.69 Å². The average Bonchev–Trinajstić information content (AvgIpc) is 2.60. The first-order valence-electron chi connectivity index (χ1n) is 7.98. The van der Waals surface area contributed by atoms with Gasteiger partial charge >= 0.3 is 6.36 Å². The molecule has 0 saturated heterocycles. The number of carbonyl (C=O) groups excluding carboxylic acids is 1. The van der Waals surface area contributed by atoms with E-state index in [0.717, 1.165) is 18.2 Å². The molecule has 0 unspecified atom stereocenters. The van der Waals surface area contributed by atoms with Crippen molar-refractivity contribution in [3.63, 3.8) is 0 Å². The predicted molar refractivity (Wildman–Crippen MR) is 89.1 cm³/mol. The lowest BCUT2D eigenvalue weighted by atomic mass is 10.1. The number of aromatic nitrogens is 1. The van der Waals surface area contributed by atoms with Gasteiger partial charge in [-0.05, 0) is 36.2 Å². The van der Waals surface area contributed by atoms with Crippen LogP contribution in [0.3, 0.4) is 0 Å². The van der Waals surface area contributed by atoms with E-state index in [-0.39, 0.29) is 29.5 Å². The minimum Gasteiger partial charge on any atom is -0.494 e. The number of ether oxygens (including phenoxy) is 2. The van der Waals surface area contributed by atoms with Gasteiger partial charge < -0.3 is 14.8 Å². The molecule has 1 heterocycles. The maximum absolute atomic E-state index is 13.8. The quantitative estimate of drug-likeness (QED) is 0.757. The Bertz CT molecular complexity index is 823. The molecule has 1 N–H and O–H groups in total. The Hall–Kier alpha value is -2.84. The van der Waals surface area contributed by atoms with Gasteiger partial charge in [-0.3, -0.25) is 4.79 Å². The molecule has 0 fully saturated rings. The van der Waals surface area contributed by atoms with Crippen LogP contribution in [0.2, 0.25) is 0 Å². The topological polar surface area (TPSA) is 60.5 Å². The van der Waals surface area contributed by atoms with Crippen molar-refractivity contribution in [1.82, 2.24) is 10.3 Å². The van der Waals surface area contributed by atoms with E-state index in [4.69, 9.17) is 4.74 Å². The van der Waals surface area contributed by atoms with E-state index in [1.54, 1.807) is 12.1 Å². The average molecular weight is 386 g/mol.